The van der Waals surface area contributed by atoms with Crippen LogP contribution in [-0.4, -0.2) is 38.1 Å². The minimum atomic E-state index is -4.10. The molecule has 0 bridgehead atoms. The molecular formula is C35H21BrClF3N6O6S2. The van der Waals surface area contributed by atoms with Gasteiger partial charge in [0.25, 0.3) is 20.0 Å². The fourth-order valence-corrected chi connectivity index (χ4v) is 8.53. The minimum absolute atomic E-state index is 0.00698. The van der Waals surface area contributed by atoms with Crippen molar-refractivity contribution in [3.05, 3.63) is 125 Å². The third-order valence-electron chi connectivity index (χ3n) is 7.94. The van der Waals surface area contributed by atoms with E-state index in [1.165, 1.54) is 36.7 Å². The number of anilines is 2. The number of pyridine rings is 1. The standard InChI is InChI=1S/C20H13FN4O2S.C15H8BrClF2N2O4S/c21-17-9-13(11-22)1-4-18(17)25-28(26,27)20-12-24-19-10-15(2-3-16(19)20)14-5-7-23-8-6-14;16-9-3-4-10(14-13(9)24-15(18,19)25-14)21-26(22,23)12-6-20-11-5-7(17)1-2-8(11)12/h1-10,12,24-25H;1-6,20-21H. The second-order valence-corrected chi connectivity index (χ2v) is 16.0. The van der Waals surface area contributed by atoms with Gasteiger partial charge in [-0.2, -0.15) is 5.26 Å². The summed E-state index contributed by atoms with van der Waals surface area (Å²) in [6.07, 6.45) is 2.13. The lowest BCUT2D eigenvalue weighted by Crippen LogP contribution is -2.26. The zero-order valence-electron chi connectivity index (χ0n) is 26.9. The van der Waals surface area contributed by atoms with Crippen molar-refractivity contribution >= 4 is 80.8 Å². The summed E-state index contributed by atoms with van der Waals surface area (Å²) in [6, 6.07) is 21.7. The highest BCUT2D eigenvalue weighted by atomic mass is 79.9. The zero-order valence-corrected chi connectivity index (χ0v) is 30.8. The molecule has 1 aliphatic heterocycles. The van der Waals surface area contributed by atoms with E-state index in [9.17, 15) is 30.0 Å². The first-order valence-electron chi connectivity index (χ1n) is 15.3. The first-order chi connectivity index (χ1) is 25.6. The van der Waals surface area contributed by atoms with Crippen LogP contribution >= 0.6 is 27.5 Å². The van der Waals surface area contributed by atoms with E-state index < -0.39 is 37.9 Å². The monoisotopic (exact) mass is 856 g/mol. The largest absolute Gasteiger partial charge is 0.586 e. The van der Waals surface area contributed by atoms with Gasteiger partial charge in [0.2, 0.25) is 0 Å². The number of hydrogen-bond donors (Lipinski definition) is 4. The number of nitrogens with one attached hydrogen (secondary N) is 4. The van der Waals surface area contributed by atoms with E-state index in [2.05, 4.69) is 49.8 Å². The number of alkyl halides is 2. The first-order valence-corrected chi connectivity index (χ1v) is 19.4. The summed E-state index contributed by atoms with van der Waals surface area (Å²) in [5, 5.41) is 10.1. The second kappa shape index (κ2) is 13.9. The molecule has 8 rings (SSSR count). The van der Waals surface area contributed by atoms with Crippen LogP contribution in [0.3, 0.4) is 0 Å². The van der Waals surface area contributed by atoms with Gasteiger partial charge < -0.3 is 19.4 Å². The molecule has 0 fully saturated rings. The SMILES string of the molecule is N#Cc1ccc(NS(=O)(=O)c2c[nH]c3cc(-c4ccncc4)ccc23)c(F)c1.O=S(=O)(Nc1ccc(Br)c2c1OC(F)(F)O2)c1c[nH]c2cc(Cl)ccc12. The van der Waals surface area contributed by atoms with Crippen LogP contribution in [0.5, 0.6) is 11.5 Å². The molecule has 1 aliphatic rings. The van der Waals surface area contributed by atoms with Crippen molar-refractivity contribution in [3.8, 4) is 28.7 Å². The lowest BCUT2D eigenvalue weighted by molar-refractivity contribution is -0.286. The number of nitriles is 1. The van der Waals surface area contributed by atoms with E-state index in [1.807, 2.05) is 24.3 Å². The normalized spacial score (nSPS) is 13.3. The van der Waals surface area contributed by atoms with E-state index >= 15 is 0 Å². The highest BCUT2D eigenvalue weighted by Crippen LogP contribution is 2.50. The Kier molecular flexibility index (Phi) is 9.43. The van der Waals surface area contributed by atoms with Crippen LogP contribution in [0.25, 0.3) is 32.9 Å². The lowest BCUT2D eigenvalue weighted by Gasteiger charge is -2.10. The number of sulfonamides is 2. The Hall–Kier alpha value is -5.74. The van der Waals surface area contributed by atoms with E-state index in [0.717, 1.165) is 17.2 Å². The van der Waals surface area contributed by atoms with Crippen LogP contribution in [0.1, 0.15) is 5.56 Å². The van der Waals surface area contributed by atoms with Crippen LogP contribution < -0.4 is 18.9 Å². The van der Waals surface area contributed by atoms with Gasteiger partial charge in [-0.1, -0.05) is 23.7 Å². The number of hydrogen-bond acceptors (Lipinski definition) is 8. The van der Waals surface area contributed by atoms with Crippen molar-refractivity contribution in [2.75, 3.05) is 9.44 Å². The maximum Gasteiger partial charge on any atom is 0.586 e. The van der Waals surface area contributed by atoms with Gasteiger partial charge in [-0.25, -0.2) is 21.2 Å². The highest BCUT2D eigenvalue weighted by molar-refractivity contribution is 9.10. The van der Waals surface area contributed by atoms with Crippen LogP contribution in [-0.2, 0) is 20.0 Å². The maximum absolute atomic E-state index is 14.1. The first kappa shape index (κ1) is 36.6. The van der Waals surface area contributed by atoms with Crippen LogP contribution in [0.4, 0.5) is 24.5 Å². The minimum Gasteiger partial charge on any atom is -0.394 e. The molecular weight excluding hydrogens is 837 g/mol. The van der Waals surface area contributed by atoms with Crippen molar-refractivity contribution < 1.29 is 39.5 Å². The molecule has 7 aromatic rings. The second-order valence-electron chi connectivity index (χ2n) is 11.4. The third kappa shape index (κ3) is 7.26. The molecule has 0 saturated carbocycles. The summed E-state index contributed by atoms with van der Waals surface area (Å²) in [6.45, 7) is 0. The molecule has 0 spiro atoms. The number of H-pyrrole nitrogens is 2. The Morgan fingerprint density at radius 2 is 1.35 bits per heavy atom. The van der Waals surface area contributed by atoms with E-state index in [4.69, 9.17) is 16.9 Å². The van der Waals surface area contributed by atoms with Gasteiger partial charge in [0, 0.05) is 51.6 Å². The van der Waals surface area contributed by atoms with Crippen LogP contribution in [0.2, 0.25) is 5.02 Å². The quantitative estimate of drug-likeness (QED) is 0.123. The molecule has 0 amide bonds. The molecule has 0 aliphatic carbocycles. The Balaban J connectivity index is 0.000000167. The van der Waals surface area contributed by atoms with Gasteiger partial charge in [-0.3, -0.25) is 14.4 Å². The zero-order chi connectivity index (χ0) is 38.4. The van der Waals surface area contributed by atoms with Gasteiger partial charge in [0.1, 0.15) is 15.6 Å². The molecule has 4 heterocycles. The Morgan fingerprint density at radius 1 is 0.759 bits per heavy atom. The van der Waals surface area contributed by atoms with Gasteiger partial charge in [0.15, 0.2) is 11.5 Å². The number of nitrogens with zero attached hydrogens (tertiary/aromatic N) is 2. The predicted molar refractivity (Wildman–Crippen MR) is 198 cm³/mol. The molecule has 0 atom stereocenters. The van der Waals surface area contributed by atoms with Crippen LogP contribution in [0, 0.1) is 17.1 Å². The molecule has 0 saturated heterocycles. The van der Waals surface area contributed by atoms with Gasteiger partial charge in [-0.15, -0.1) is 8.78 Å². The number of aromatic nitrogens is 3. The average molecular weight is 858 g/mol. The van der Waals surface area contributed by atoms with Gasteiger partial charge in [0.05, 0.1) is 27.5 Å². The molecule has 19 heteroatoms. The number of ether oxygens (including phenoxy) is 2. The molecule has 54 heavy (non-hydrogen) atoms. The smallest absolute Gasteiger partial charge is 0.394 e. The summed E-state index contributed by atoms with van der Waals surface area (Å²) in [5.74, 6) is -1.51. The number of rotatable bonds is 7. The van der Waals surface area contributed by atoms with Crippen molar-refractivity contribution in [2.45, 2.75) is 16.1 Å². The van der Waals surface area contributed by atoms with Crippen molar-refractivity contribution in [1.29, 1.82) is 5.26 Å². The lowest BCUT2D eigenvalue weighted by atomic mass is 10.1. The molecule has 274 valence electrons. The van der Waals surface area contributed by atoms with Crippen molar-refractivity contribution in [3.63, 3.8) is 0 Å². The molecule has 0 unspecified atom stereocenters. The van der Waals surface area contributed by atoms with Crippen molar-refractivity contribution in [1.82, 2.24) is 15.0 Å². The Labute approximate surface area is 317 Å². The number of fused-ring (bicyclic) bond motifs is 3. The summed E-state index contributed by atoms with van der Waals surface area (Å²) >= 11 is 8.94. The maximum atomic E-state index is 14.1. The Morgan fingerprint density at radius 3 is 2.00 bits per heavy atom. The number of halogens is 5. The fraction of sp³-hybridized carbons (Fsp3) is 0.0286. The molecule has 3 aromatic heterocycles. The van der Waals surface area contributed by atoms with Crippen molar-refractivity contribution in [2.24, 2.45) is 0 Å². The van der Waals surface area contributed by atoms with E-state index in [0.29, 0.717) is 26.8 Å². The van der Waals surface area contributed by atoms with Crippen LogP contribution in [0.15, 0.2) is 118 Å². The van der Waals surface area contributed by atoms with E-state index in [1.54, 1.807) is 42.7 Å². The molecule has 4 aromatic carbocycles. The summed E-state index contributed by atoms with van der Waals surface area (Å²) < 4.78 is 105. The number of aromatic amines is 2. The van der Waals surface area contributed by atoms with Gasteiger partial charge in [-0.05, 0) is 93.8 Å². The van der Waals surface area contributed by atoms with Gasteiger partial charge >= 0.3 is 6.29 Å². The topological polar surface area (TPSA) is 179 Å². The molecule has 4 N–H and O–H groups in total. The average Bonchev–Trinajstić information content (AvgIpc) is 3.86. The predicted octanol–water partition coefficient (Wildman–Crippen LogP) is 8.75. The summed E-state index contributed by atoms with van der Waals surface area (Å²) in [5.41, 5.74) is 2.72. The fourth-order valence-electron chi connectivity index (χ4n) is 5.48. The summed E-state index contributed by atoms with van der Waals surface area (Å²) in [7, 11) is -8.13. The highest BCUT2D eigenvalue weighted by Gasteiger charge is 2.46. The summed E-state index contributed by atoms with van der Waals surface area (Å²) in [4.78, 5) is 9.69. The Bertz CT molecular complexity index is 2870. The third-order valence-corrected chi connectivity index (χ3v) is 11.6. The molecule has 0 radical (unpaired) electrons. The number of benzene rings is 4. The van der Waals surface area contributed by atoms with E-state index in [-0.39, 0.29) is 37.0 Å². The molecule has 12 nitrogen and oxygen atoms in total.